The Kier molecular flexibility index (Phi) is 5.11. The second kappa shape index (κ2) is 7.28. The van der Waals surface area contributed by atoms with Crippen LogP contribution < -0.4 is 10.6 Å². The summed E-state index contributed by atoms with van der Waals surface area (Å²) in [5, 5.41) is 9.65. The number of rotatable bonds is 6. The predicted octanol–water partition coefficient (Wildman–Crippen LogP) is 2.58. The molecule has 0 aliphatic heterocycles. The smallest absolute Gasteiger partial charge is 0.319 e. The molecule has 0 aromatic carbocycles. The Morgan fingerprint density at radius 2 is 2.25 bits per heavy atom. The lowest BCUT2D eigenvalue weighted by atomic mass is 10.2. The van der Waals surface area contributed by atoms with Gasteiger partial charge in [0.05, 0.1) is 11.9 Å². The summed E-state index contributed by atoms with van der Waals surface area (Å²) in [4.78, 5) is 15.9. The molecule has 0 saturated carbocycles. The van der Waals surface area contributed by atoms with Crippen molar-refractivity contribution >= 4 is 11.7 Å². The summed E-state index contributed by atoms with van der Waals surface area (Å²) in [7, 11) is 0. The van der Waals surface area contributed by atoms with E-state index in [-0.39, 0.29) is 6.03 Å². The average molecular weight is 273 g/mol. The van der Waals surface area contributed by atoms with Gasteiger partial charge in [-0.3, -0.25) is 0 Å². The van der Waals surface area contributed by atoms with E-state index in [0.717, 1.165) is 19.3 Å². The number of hydrogen-bond acceptors (Lipinski definition) is 3. The third-order valence-corrected chi connectivity index (χ3v) is 2.81. The zero-order valence-electron chi connectivity index (χ0n) is 11.5. The predicted molar refractivity (Wildman–Crippen MR) is 77.9 cm³/mol. The van der Waals surface area contributed by atoms with Crippen LogP contribution in [-0.2, 0) is 0 Å². The number of aromatic nitrogens is 3. The summed E-state index contributed by atoms with van der Waals surface area (Å²) in [5.41, 5.74) is 0.661. The van der Waals surface area contributed by atoms with Gasteiger partial charge in [-0.05, 0) is 24.6 Å². The molecule has 2 aromatic rings. The molecule has 2 N–H and O–H groups in total. The van der Waals surface area contributed by atoms with Crippen LogP contribution in [0.3, 0.4) is 0 Å². The summed E-state index contributed by atoms with van der Waals surface area (Å²) in [6, 6.07) is 5.24. The summed E-state index contributed by atoms with van der Waals surface area (Å²) in [5.74, 6) is 0.712. The molecule has 0 aliphatic rings. The van der Waals surface area contributed by atoms with Crippen LogP contribution in [0.4, 0.5) is 10.5 Å². The molecule has 0 radical (unpaired) electrons. The molecule has 0 saturated heterocycles. The minimum absolute atomic E-state index is 0.199. The van der Waals surface area contributed by atoms with Crippen LogP contribution in [0, 0.1) is 0 Å². The van der Waals surface area contributed by atoms with E-state index in [1.807, 2.05) is 12.3 Å². The van der Waals surface area contributed by atoms with Gasteiger partial charge in [0.15, 0.2) is 5.82 Å². The van der Waals surface area contributed by atoms with Gasteiger partial charge in [0, 0.05) is 18.9 Å². The average Bonchev–Trinajstić information content (AvgIpc) is 2.99. The normalized spacial score (nSPS) is 10.2. The Balaban J connectivity index is 1.83. The van der Waals surface area contributed by atoms with Gasteiger partial charge in [-0.15, -0.1) is 0 Å². The monoisotopic (exact) mass is 273 g/mol. The topological polar surface area (TPSA) is 71.8 Å². The first kappa shape index (κ1) is 14.0. The molecule has 2 amide bonds. The minimum atomic E-state index is -0.199. The Hall–Kier alpha value is -2.37. The quantitative estimate of drug-likeness (QED) is 0.795. The van der Waals surface area contributed by atoms with Crippen molar-refractivity contribution in [3.63, 3.8) is 0 Å². The Labute approximate surface area is 118 Å². The summed E-state index contributed by atoms with van der Waals surface area (Å²) >= 11 is 0. The van der Waals surface area contributed by atoms with Crippen molar-refractivity contribution in [2.24, 2.45) is 0 Å². The van der Waals surface area contributed by atoms with Crippen LogP contribution in [0.5, 0.6) is 0 Å². The number of carbonyl (C=O) groups is 1. The van der Waals surface area contributed by atoms with Gasteiger partial charge in [0.1, 0.15) is 0 Å². The number of pyridine rings is 1. The number of urea groups is 1. The highest BCUT2D eigenvalue weighted by Gasteiger charge is 2.02. The van der Waals surface area contributed by atoms with Crippen molar-refractivity contribution in [3.05, 3.63) is 36.8 Å². The number of carbonyl (C=O) groups excluding carboxylic acids is 1. The van der Waals surface area contributed by atoms with Crippen molar-refractivity contribution in [1.82, 2.24) is 20.1 Å². The van der Waals surface area contributed by atoms with Gasteiger partial charge in [0.25, 0.3) is 0 Å². The molecule has 0 spiro atoms. The van der Waals surface area contributed by atoms with Crippen LogP contribution in [-0.4, -0.2) is 27.3 Å². The number of nitrogens with one attached hydrogen (secondary N) is 2. The van der Waals surface area contributed by atoms with E-state index >= 15 is 0 Å². The largest absolute Gasteiger partial charge is 0.338 e. The molecule has 0 bridgehead atoms. The van der Waals surface area contributed by atoms with Gasteiger partial charge in [0.2, 0.25) is 0 Å². The fourth-order valence-corrected chi connectivity index (χ4v) is 1.75. The van der Waals surface area contributed by atoms with Gasteiger partial charge in [-0.1, -0.05) is 19.8 Å². The zero-order chi connectivity index (χ0) is 14.2. The van der Waals surface area contributed by atoms with Crippen LogP contribution in [0.25, 0.3) is 5.82 Å². The zero-order valence-corrected chi connectivity index (χ0v) is 11.5. The molecule has 2 rings (SSSR count). The standard InChI is InChI=1S/C14H19N5O/c1-2-3-4-8-15-14(20)18-12-6-7-13(16-11-12)19-10-5-9-17-19/h5-7,9-11H,2-4,8H2,1H3,(H2,15,18,20). The third kappa shape index (κ3) is 4.08. The van der Waals surface area contributed by atoms with Crippen LogP contribution >= 0.6 is 0 Å². The summed E-state index contributed by atoms with van der Waals surface area (Å²) < 4.78 is 1.66. The van der Waals surface area contributed by atoms with Crippen molar-refractivity contribution in [2.45, 2.75) is 26.2 Å². The highest BCUT2D eigenvalue weighted by Crippen LogP contribution is 2.08. The Morgan fingerprint density at radius 3 is 2.90 bits per heavy atom. The van der Waals surface area contributed by atoms with E-state index in [4.69, 9.17) is 0 Å². The molecule has 6 nitrogen and oxygen atoms in total. The Morgan fingerprint density at radius 1 is 1.35 bits per heavy atom. The molecule has 20 heavy (non-hydrogen) atoms. The summed E-state index contributed by atoms with van der Waals surface area (Å²) in [6.45, 7) is 2.82. The highest BCUT2D eigenvalue weighted by molar-refractivity contribution is 5.88. The van der Waals surface area contributed by atoms with Gasteiger partial charge >= 0.3 is 6.03 Å². The minimum Gasteiger partial charge on any atom is -0.338 e. The van der Waals surface area contributed by atoms with E-state index in [1.165, 1.54) is 0 Å². The van der Waals surface area contributed by atoms with Crippen LogP contribution in [0.1, 0.15) is 26.2 Å². The summed E-state index contributed by atoms with van der Waals surface area (Å²) in [6.07, 6.45) is 8.39. The second-order valence-electron chi connectivity index (χ2n) is 4.44. The maximum Gasteiger partial charge on any atom is 0.319 e. The van der Waals surface area contributed by atoms with E-state index in [9.17, 15) is 4.79 Å². The van der Waals surface area contributed by atoms with E-state index < -0.39 is 0 Å². The molecule has 0 unspecified atom stereocenters. The third-order valence-electron chi connectivity index (χ3n) is 2.81. The van der Waals surface area contributed by atoms with Crippen molar-refractivity contribution in [1.29, 1.82) is 0 Å². The number of hydrogen-bond donors (Lipinski definition) is 2. The van der Waals surface area contributed by atoms with Crippen molar-refractivity contribution < 1.29 is 4.79 Å². The molecule has 2 aromatic heterocycles. The van der Waals surface area contributed by atoms with Gasteiger partial charge < -0.3 is 10.6 Å². The molecule has 2 heterocycles. The number of anilines is 1. The SMILES string of the molecule is CCCCCNC(=O)Nc1ccc(-n2cccn2)nc1. The van der Waals surface area contributed by atoms with Gasteiger partial charge in [-0.2, -0.15) is 5.10 Å². The Bertz CT molecular complexity index is 521. The van der Waals surface area contributed by atoms with Crippen LogP contribution in [0.15, 0.2) is 36.8 Å². The molecule has 6 heteroatoms. The fraction of sp³-hybridized carbons (Fsp3) is 0.357. The second-order valence-corrected chi connectivity index (χ2v) is 4.44. The van der Waals surface area contributed by atoms with Gasteiger partial charge in [-0.25, -0.2) is 14.5 Å². The van der Waals surface area contributed by atoms with E-state index in [1.54, 1.807) is 29.2 Å². The number of unbranched alkanes of at least 4 members (excludes halogenated alkanes) is 2. The molecule has 0 fully saturated rings. The van der Waals surface area contributed by atoms with E-state index in [0.29, 0.717) is 18.1 Å². The van der Waals surface area contributed by atoms with Crippen molar-refractivity contribution in [3.8, 4) is 5.82 Å². The number of amides is 2. The molecule has 0 atom stereocenters. The maximum atomic E-state index is 11.6. The molecule has 106 valence electrons. The highest BCUT2D eigenvalue weighted by atomic mass is 16.2. The lowest BCUT2D eigenvalue weighted by Crippen LogP contribution is -2.29. The molecular formula is C14H19N5O. The van der Waals surface area contributed by atoms with E-state index in [2.05, 4.69) is 27.6 Å². The first-order valence-corrected chi connectivity index (χ1v) is 6.80. The number of nitrogens with zero attached hydrogens (tertiary/aromatic N) is 3. The molecular weight excluding hydrogens is 254 g/mol. The fourth-order valence-electron chi connectivity index (χ4n) is 1.75. The molecule has 0 aliphatic carbocycles. The lowest BCUT2D eigenvalue weighted by molar-refractivity contribution is 0.252. The maximum absolute atomic E-state index is 11.6. The lowest BCUT2D eigenvalue weighted by Gasteiger charge is -2.07. The van der Waals surface area contributed by atoms with Crippen molar-refractivity contribution in [2.75, 3.05) is 11.9 Å². The van der Waals surface area contributed by atoms with Crippen LogP contribution in [0.2, 0.25) is 0 Å². The first-order chi connectivity index (χ1) is 9.79. The first-order valence-electron chi connectivity index (χ1n) is 6.80.